The van der Waals surface area contributed by atoms with Crippen molar-refractivity contribution in [3.05, 3.63) is 18.0 Å². The first-order valence-electron chi connectivity index (χ1n) is 7.31. The van der Waals surface area contributed by atoms with E-state index >= 15 is 0 Å². The van der Waals surface area contributed by atoms with E-state index in [9.17, 15) is 4.79 Å². The van der Waals surface area contributed by atoms with Crippen LogP contribution in [-0.2, 0) is 23.0 Å². The number of ether oxygens (including phenoxy) is 1. The highest BCUT2D eigenvalue weighted by atomic mass is 16.5. The molecule has 1 aliphatic rings. The number of aryl methyl sites for hydroxylation is 1. The number of amides is 1. The fraction of sp³-hybridized carbons (Fsp3) is 0.714. The number of hydrogen-bond donors (Lipinski definition) is 2. The van der Waals surface area contributed by atoms with E-state index in [1.54, 1.807) is 6.20 Å². The van der Waals surface area contributed by atoms with Gasteiger partial charge in [-0.05, 0) is 32.0 Å². The molecule has 20 heavy (non-hydrogen) atoms. The van der Waals surface area contributed by atoms with Crippen LogP contribution in [-0.4, -0.2) is 48.0 Å². The normalized spacial score (nSPS) is 16.2. The summed E-state index contributed by atoms with van der Waals surface area (Å²) in [5, 5.41) is 10.3. The number of rotatable bonds is 7. The van der Waals surface area contributed by atoms with Crippen LogP contribution in [0.2, 0.25) is 0 Å². The summed E-state index contributed by atoms with van der Waals surface area (Å²) < 4.78 is 7.54. The Balaban J connectivity index is 1.53. The third kappa shape index (κ3) is 4.94. The molecule has 1 aliphatic heterocycles. The second-order valence-corrected chi connectivity index (χ2v) is 5.12. The van der Waals surface area contributed by atoms with Crippen molar-refractivity contribution >= 4 is 5.91 Å². The Labute approximate surface area is 119 Å². The van der Waals surface area contributed by atoms with Gasteiger partial charge in [0.05, 0.1) is 12.7 Å². The maximum Gasteiger partial charge on any atom is 0.222 e. The SMILES string of the molecule is Cn1nccc1CCNC(=O)CCOC1CCNCC1. The third-order valence-corrected chi connectivity index (χ3v) is 3.59. The van der Waals surface area contributed by atoms with Crippen molar-refractivity contribution in [2.24, 2.45) is 7.05 Å². The van der Waals surface area contributed by atoms with Crippen LogP contribution in [0.1, 0.15) is 25.0 Å². The van der Waals surface area contributed by atoms with Crippen molar-refractivity contribution in [1.82, 2.24) is 20.4 Å². The molecule has 0 aliphatic carbocycles. The summed E-state index contributed by atoms with van der Waals surface area (Å²) in [5.41, 5.74) is 1.12. The average molecular weight is 280 g/mol. The Morgan fingerprint density at radius 1 is 1.55 bits per heavy atom. The number of aromatic nitrogens is 2. The largest absolute Gasteiger partial charge is 0.378 e. The lowest BCUT2D eigenvalue weighted by molar-refractivity contribution is -0.122. The fourth-order valence-electron chi connectivity index (χ4n) is 2.35. The van der Waals surface area contributed by atoms with E-state index in [0.29, 0.717) is 25.7 Å². The number of nitrogens with zero attached hydrogens (tertiary/aromatic N) is 2. The standard InChI is InChI=1S/C14H24N4O2/c1-18-12(3-10-17-18)2-9-16-14(19)6-11-20-13-4-7-15-8-5-13/h3,10,13,15H,2,4-9,11H2,1H3,(H,16,19). The number of carbonyl (C=O) groups is 1. The molecule has 0 bridgehead atoms. The third-order valence-electron chi connectivity index (χ3n) is 3.59. The molecule has 2 N–H and O–H groups in total. The topological polar surface area (TPSA) is 68.2 Å². The van der Waals surface area contributed by atoms with E-state index in [0.717, 1.165) is 38.0 Å². The summed E-state index contributed by atoms with van der Waals surface area (Å²) in [6, 6.07) is 1.96. The van der Waals surface area contributed by atoms with Gasteiger partial charge in [0.15, 0.2) is 0 Å². The van der Waals surface area contributed by atoms with Crippen molar-refractivity contribution in [1.29, 1.82) is 0 Å². The number of nitrogens with one attached hydrogen (secondary N) is 2. The molecule has 0 saturated carbocycles. The Kier molecular flexibility index (Phi) is 6.01. The Hall–Kier alpha value is -1.40. The molecule has 2 heterocycles. The van der Waals surface area contributed by atoms with Crippen LogP contribution >= 0.6 is 0 Å². The molecule has 6 nitrogen and oxygen atoms in total. The smallest absolute Gasteiger partial charge is 0.222 e. The summed E-state index contributed by atoms with van der Waals surface area (Å²) in [6.45, 7) is 3.19. The van der Waals surface area contributed by atoms with Gasteiger partial charge in [-0.1, -0.05) is 0 Å². The van der Waals surface area contributed by atoms with Gasteiger partial charge in [-0.25, -0.2) is 0 Å². The summed E-state index contributed by atoms with van der Waals surface area (Å²) >= 11 is 0. The van der Waals surface area contributed by atoms with Gasteiger partial charge in [-0.2, -0.15) is 5.10 Å². The van der Waals surface area contributed by atoms with Crippen LogP contribution in [0, 0.1) is 0 Å². The fourth-order valence-corrected chi connectivity index (χ4v) is 2.35. The molecule has 1 amide bonds. The first-order chi connectivity index (χ1) is 9.75. The number of carbonyl (C=O) groups excluding carboxylic acids is 1. The molecule has 0 atom stereocenters. The van der Waals surface area contributed by atoms with Gasteiger partial charge in [0.1, 0.15) is 0 Å². The zero-order valence-corrected chi connectivity index (χ0v) is 12.1. The zero-order valence-electron chi connectivity index (χ0n) is 12.1. The Bertz CT molecular complexity index is 413. The van der Waals surface area contributed by atoms with Crippen LogP contribution < -0.4 is 10.6 Å². The molecule has 0 aromatic carbocycles. The van der Waals surface area contributed by atoms with Gasteiger partial charge in [0.25, 0.3) is 0 Å². The maximum atomic E-state index is 11.7. The molecule has 0 unspecified atom stereocenters. The van der Waals surface area contributed by atoms with Gasteiger partial charge < -0.3 is 15.4 Å². The quantitative estimate of drug-likeness (QED) is 0.750. The summed E-state index contributed by atoms with van der Waals surface area (Å²) in [7, 11) is 1.91. The molecule has 1 saturated heterocycles. The summed E-state index contributed by atoms with van der Waals surface area (Å²) in [4.78, 5) is 11.7. The first-order valence-corrected chi connectivity index (χ1v) is 7.31. The van der Waals surface area contributed by atoms with Crippen molar-refractivity contribution in [3.63, 3.8) is 0 Å². The van der Waals surface area contributed by atoms with Crippen molar-refractivity contribution in [3.8, 4) is 0 Å². The molecule has 1 aromatic heterocycles. The first kappa shape index (κ1) is 15.0. The van der Waals surface area contributed by atoms with E-state index in [4.69, 9.17) is 4.74 Å². The lowest BCUT2D eigenvalue weighted by Gasteiger charge is -2.22. The molecule has 1 aromatic rings. The van der Waals surface area contributed by atoms with E-state index < -0.39 is 0 Å². The highest BCUT2D eigenvalue weighted by Gasteiger charge is 2.13. The van der Waals surface area contributed by atoms with Crippen molar-refractivity contribution < 1.29 is 9.53 Å². The lowest BCUT2D eigenvalue weighted by atomic mass is 10.1. The number of hydrogen-bond acceptors (Lipinski definition) is 4. The molecule has 112 valence electrons. The Morgan fingerprint density at radius 2 is 2.35 bits per heavy atom. The molecule has 1 fully saturated rings. The monoisotopic (exact) mass is 280 g/mol. The van der Waals surface area contributed by atoms with Gasteiger partial charge in [0.2, 0.25) is 5.91 Å². The Morgan fingerprint density at radius 3 is 3.05 bits per heavy atom. The van der Waals surface area contributed by atoms with E-state index in [1.807, 2.05) is 17.8 Å². The van der Waals surface area contributed by atoms with Crippen molar-refractivity contribution in [2.45, 2.75) is 31.8 Å². The average Bonchev–Trinajstić information content (AvgIpc) is 2.86. The minimum atomic E-state index is 0.0566. The minimum Gasteiger partial charge on any atom is -0.378 e. The predicted octanol–water partition coefficient (Wildman–Crippen LogP) is 0.238. The predicted molar refractivity (Wildman–Crippen MR) is 76.4 cm³/mol. The van der Waals surface area contributed by atoms with Crippen molar-refractivity contribution in [2.75, 3.05) is 26.2 Å². The van der Waals surface area contributed by atoms with Crippen LogP contribution in [0.3, 0.4) is 0 Å². The lowest BCUT2D eigenvalue weighted by Crippen LogP contribution is -2.33. The summed E-state index contributed by atoms with van der Waals surface area (Å²) in [6.07, 6.45) is 5.42. The van der Waals surface area contributed by atoms with Gasteiger partial charge in [-0.15, -0.1) is 0 Å². The highest BCUT2D eigenvalue weighted by molar-refractivity contribution is 5.75. The van der Waals surface area contributed by atoms with Gasteiger partial charge in [0, 0.05) is 38.3 Å². The molecule has 0 spiro atoms. The highest BCUT2D eigenvalue weighted by Crippen LogP contribution is 2.07. The van der Waals surface area contributed by atoms with E-state index in [-0.39, 0.29) is 5.91 Å². The van der Waals surface area contributed by atoms with E-state index in [2.05, 4.69) is 15.7 Å². The second kappa shape index (κ2) is 8.01. The zero-order chi connectivity index (χ0) is 14.2. The molecular formula is C14H24N4O2. The molecule has 6 heteroatoms. The van der Waals surface area contributed by atoms with Gasteiger partial charge in [-0.3, -0.25) is 9.48 Å². The van der Waals surface area contributed by atoms with Crippen LogP contribution in [0.15, 0.2) is 12.3 Å². The van der Waals surface area contributed by atoms with Gasteiger partial charge >= 0.3 is 0 Å². The summed E-state index contributed by atoms with van der Waals surface area (Å²) in [5.74, 6) is 0.0566. The van der Waals surface area contributed by atoms with E-state index in [1.165, 1.54) is 0 Å². The minimum absolute atomic E-state index is 0.0566. The number of piperidine rings is 1. The van der Waals surface area contributed by atoms with Crippen LogP contribution in [0.5, 0.6) is 0 Å². The second-order valence-electron chi connectivity index (χ2n) is 5.12. The van der Waals surface area contributed by atoms with Crippen LogP contribution in [0.4, 0.5) is 0 Å². The maximum absolute atomic E-state index is 11.7. The molecule has 2 rings (SSSR count). The van der Waals surface area contributed by atoms with Crippen LogP contribution in [0.25, 0.3) is 0 Å². The molecule has 0 radical (unpaired) electrons. The molecular weight excluding hydrogens is 256 g/mol.